The zero-order valence-electron chi connectivity index (χ0n) is 15.2. The van der Waals surface area contributed by atoms with E-state index in [1.807, 2.05) is 31.2 Å². The van der Waals surface area contributed by atoms with Crippen molar-refractivity contribution in [2.45, 2.75) is 20.0 Å². The van der Waals surface area contributed by atoms with Crippen molar-refractivity contribution in [1.29, 1.82) is 0 Å². The second kappa shape index (κ2) is 7.77. The van der Waals surface area contributed by atoms with Gasteiger partial charge in [0.2, 0.25) is 5.91 Å². The molecule has 2 aromatic carbocycles. The molecule has 0 fully saturated rings. The Hall–Kier alpha value is -3.55. The molecule has 27 heavy (non-hydrogen) atoms. The minimum absolute atomic E-state index is 0.0788. The zero-order valence-corrected chi connectivity index (χ0v) is 15.2. The standard InChI is InChI=1S/C19H21N5O3/c1-3-23-15-6-4-5-7-16(15)24(19(23)27)12-17(25)21-13-8-10-14(11-9-13)22-18(26)20-2/h4-11H,3,12H2,1-2H3,(H,21,25)(H2,20,22,26). The number of benzene rings is 2. The van der Waals surface area contributed by atoms with Crippen molar-refractivity contribution >= 4 is 34.3 Å². The van der Waals surface area contributed by atoms with E-state index in [1.54, 1.807) is 28.8 Å². The van der Waals surface area contributed by atoms with Crippen LogP contribution in [-0.4, -0.2) is 28.1 Å². The summed E-state index contributed by atoms with van der Waals surface area (Å²) in [6, 6.07) is 13.8. The Balaban J connectivity index is 1.75. The zero-order chi connectivity index (χ0) is 19.4. The number of hydrogen-bond donors (Lipinski definition) is 3. The van der Waals surface area contributed by atoms with Crippen LogP contribution in [0.15, 0.2) is 53.3 Å². The molecule has 0 unspecified atom stereocenters. The van der Waals surface area contributed by atoms with Gasteiger partial charge in [0, 0.05) is 25.0 Å². The fourth-order valence-electron chi connectivity index (χ4n) is 2.91. The van der Waals surface area contributed by atoms with Crippen LogP contribution in [0.25, 0.3) is 11.0 Å². The lowest BCUT2D eigenvalue weighted by molar-refractivity contribution is -0.116. The lowest BCUT2D eigenvalue weighted by Gasteiger charge is -2.08. The van der Waals surface area contributed by atoms with Gasteiger partial charge in [-0.1, -0.05) is 12.1 Å². The fraction of sp³-hybridized carbons (Fsp3) is 0.211. The molecule has 8 nitrogen and oxygen atoms in total. The molecular weight excluding hydrogens is 346 g/mol. The van der Waals surface area contributed by atoms with E-state index >= 15 is 0 Å². The summed E-state index contributed by atoms with van der Waals surface area (Å²) in [5.74, 6) is -0.303. The van der Waals surface area contributed by atoms with E-state index < -0.39 is 0 Å². The summed E-state index contributed by atoms with van der Waals surface area (Å²) >= 11 is 0. The van der Waals surface area contributed by atoms with Crippen LogP contribution in [0.5, 0.6) is 0 Å². The molecule has 3 rings (SSSR count). The van der Waals surface area contributed by atoms with E-state index in [0.717, 1.165) is 11.0 Å². The third-order valence-electron chi connectivity index (χ3n) is 4.20. The molecule has 1 aromatic heterocycles. The number of fused-ring (bicyclic) bond motifs is 1. The third-order valence-corrected chi connectivity index (χ3v) is 4.20. The maximum Gasteiger partial charge on any atom is 0.329 e. The summed E-state index contributed by atoms with van der Waals surface area (Å²) in [4.78, 5) is 36.3. The Kier molecular flexibility index (Phi) is 5.25. The first kappa shape index (κ1) is 18.2. The topological polar surface area (TPSA) is 97.2 Å². The molecule has 0 saturated heterocycles. The molecule has 0 radical (unpaired) electrons. The molecule has 0 aliphatic rings. The second-order valence-electron chi connectivity index (χ2n) is 5.93. The first-order chi connectivity index (χ1) is 13.0. The first-order valence-electron chi connectivity index (χ1n) is 8.60. The number of carbonyl (C=O) groups excluding carboxylic acids is 2. The summed E-state index contributed by atoms with van der Waals surface area (Å²) in [5.41, 5.74) is 2.51. The summed E-state index contributed by atoms with van der Waals surface area (Å²) in [5, 5.41) is 7.87. The molecule has 1 heterocycles. The molecule has 3 aromatic rings. The molecule has 140 valence electrons. The van der Waals surface area contributed by atoms with Crippen molar-refractivity contribution in [3.05, 3.63) is 59.0 Å². The van der Waals surface area contributed by atoms with Crippen molar-refractivity contribution in [3.8, 4) is 0 Å². The predicted octanol–water partition coefficient (Wildman–Crippen LogP) is 2.21. The van der Waals surface area contributed by atoms with Crippen molar-refractivity contribution in [2.75, 3.05) is 17.7 Å². The average Bonchev–Trinajstić information content (AvgIpc) is 2.94. The predicted molar refractivity (Wildman–Crippen MR) is 105 cm³/mol. The highest BCUT2D eigenvalue weighted by Crippen LogP contribution is 2.15. The Labute approximate surface area is 155 Å². The van der Waals surface area contributed by atoms with Crippen LogP contribution < -0.4 is 21.6 Å². The Morgan fingerprint density at radius 2 is 1.44 bits per heavy atom. The van der Waals surface area contributed by atoms with Gasteiger partial charge in [0.25, 0.3) is 0 Å². The molecule has 0 bridgehead atoms. The van der Waals surface area contributed by atoms with Gasteiger partial charge in [0.15, 0.2) is 0 Å². The summed E-state index contributed by atoms with van der Waals surface area (Å²) < 4.78 is 3.11. The minimum atomic E-state index is -0.321. The second-order valence-corrected chi connectivity index (χ2v) is 5.93. The van der Waals surface area contributed by atoms with E-state index in [-0.39, 0.29) is 24.2 Å². The van der Waals surface area contributed by atoms with Gasteiger partial charge in [-0.25, -0.2) is 9.59 Å². The van der Waals surface area contributed by atoms with Crippen molar-refractivity contribution < 1.29 is 9.59 Å². The number of aryl methyl sites for hydroxylation is 1. The average molecular weight is 367 g/mol. The smallest absolute Gasteiger partial charge is 0.329 e. The van der Waals surface area contributed by atoms with Crippen molar-refractivity contribution in [1.82, 2.24) is 14.5 Å². The van der Waals surface area contributed by atoms with Crippen molar-refractivity contribution in [2.24, 2.45) is 0 Å². The van der Waals surface area contributed by atoms with Crippen LogP contribution in [0.2, 0.25) is 0 Å². The van der Waals surface area contributed by atoms with Gasteiger partial charge in [-0.15, -0.1) is 0 Å². The van der Waals surface area contributed by atoms with E-state index in [4.69, 9.17) is 0 Å². The Morgan fingerprint density at radius 1 is 0.889 bits per heavy atom. The van der Waals surface area contributed by atoms with Gasteiger partial charge in [-0.05, 0) is 43.3 Å². The SMILES string of the molecule is CCn1c(=O)n(CC(=O)Nc2ccc(NC(=O)NC)cc2)c2ccccc21. The normalized spacial score (nSPS) is 10.6. The number of anilines is 2. The number of aromatic nitrogens is 2. The lowest BCUT2D eigenvalue weighted by Crippen LogP contribution is -2.29. The molecule has 0 spiro atoms. The third kappa shape index (κ3) is 3.84. The van der Waals surface area contributed by atoms with E-state index in [2.05, 4.69) is 16.0 Å². The monoisotopic (exact) mass is 367 g/mol. The van der Waals surface area contributed by atoms with Crippen LogP contribution in [0.4, 0.5) is 16.2 Å². The van der Waals surface area contributed by atoms with Crippen molar-refractivity contribution in [3.63, 3.8) is 0 Å². The summed E-state index contributed by atoms with van der Waals surface area (Å²) in [7, 11) is 1.53. The van der Waals surface area contributed by atoms with Gasteiger partial charge in [-0.3, -0.25) is 13.9 Å². The van der Waals surface area contributed by atoms with Gasteiger partial charge in [-0.2, -0.15) is 0 Å². The maximum absolute atomic E-state index is 12.6. The van der Waals surface area contributed by atoms with Crippen LogP contribution in [0.3, 0.4) is 0 Å². The molecular formula is C19H21N5O3. The number of rotatable bonds is 5. The van der Waals surface area contributed by atoms with Crippen LogP contribution in [0, 0.1) is 0 Å². The fourth-order valence-corrected chi connectivity index (χ4v) is 2.91. The molecule has 0 aliphatic heterocycles. The van der Waals surface area contributed by atoms with Crippen LogP contribution in [0.1, 0.15) is 6.92 Å². The van der Waals surface area contributed by atoms with E-state index in [0.29, 0.717) is 17.9 Å². The van der Waals surface area contributed by atoms with Crippen LogP contribution in [-0.2, 0) is 17.9 Å². The molecule has 0 saturated carbocycles. The largest absolute Gasteiger partial charge is 0.341 e. The quantitative estimate of drug-likeness (QED) is 0.645. The van der Waals surface area contributed by atoms with Crippen LogP contribution >= 0.6 is 0 Å². The van der Waals surface area contributed by atoms with Gasteiger partial charge in [0.05, 0.1) is 11.0 Å². The van der Waals surface area contributed by atoms with Gasteiger partial charge < -0.3 is 16.0 Å². The number of imidazole rings is 1. The minimum Gasteiger partial charge on any atom is -0.341 e. The highest BCUT2D eigenvalue weighted by atomic mass is 16.2. The number of amides is 3. The lowest BCUT2D eigenvalue weighted by atomic mass is 10.2. The van der Waals surface area contributed by atoms with E-state index in [1.165, 1.54) is 11.6 Å². The number of urea groups is 1. The maximum atomic E-state index is 12.6. The number of nitrogens with zero attached hydrogens (tertiary/aromatic N) is 2. The van der Waals surface area contributed by atoms with Gasteiger partial charge >= 0.3 is 11.7 Å². The number of para-hydroxylation sites is 2. The highest BCUT2D eigenvalue weighted by molar-refractivity contribution is 5.93. The number of hydrogen-bond acceptors (Lipinski definition) is 3. The number of carbonyl (C=O) groups is 2. The summed E-state index contributed by atoms with van der Waals surface area (Å²) in [6.07, 6.45) is 0. The summed E-state index contributed by atoms with van der Waals surface area (Å²) in [6.45, 7) is 2.35. The number of nitrogens with one attached hydrogen (secondary N) is 3. The molecule has 0 aliphatic carbocycles. The molecule has 0 atom stereocenters. The molecule has 3 amide bonds. The molecule has 8 heteroatoms. The Morgan fingerprint density at radius 3 is 2.00 bits per heavy atom. The highest BCUT2D eigenvalue weighted by Gasteiger charge is 2.14. The van der Waals surface area contributed by atoms with Gasteiger partial charge in [0.1, 0.15) is 6.54 Å². The Bertz CT molecular complexity index is 1030. The molecule has 3 N–H and O–H groups in total. The van der Waals surface area contributed by atoms with E-state index in [9.17, 15) is 14.4 Å². The first-order valence-corrected chi connectivity index (χ1v) is 8.60.